The van der Waals surface area contributed by atoms with Crippen LogP contribution in [0.3, 0.4) is 0 Å². The molecule has 0 bridgehead atoms. The molecule has 4 heteroatoms. The first-order chi connectivity index (χ1) is 11.2. The summed E-state index contributed by atoms with van der Waals surface area (Å²) in [7, 11) is 0. The molecular formula is C19H30N2O2. The first-order valence-corrected chi connectivity index (χ1v) is 8.80. The molecule has 1 aromatic carbocycles. The van der Waals surface area contributed by atoms with Gasteiger partial charge in [-0.2, -0.15) is 0 Å². The summed E-state index contributed by atoms with van der Waals surface area (Å²) in [5, 5.41) is 3.09. The van der Waals surface area contributed by atoms with Crippen LogP contribution in [0.25, 0.3) is 0 Å². The van der Waals surface area contributed by atoms with Crippen molar-refractivity contribution >= 4 is 5.91 Å². The zero-order valence-corrected chi connectivity index (χ0v) is 14.2. The molecule has 1 aliphatic carbocycles. The maximum Gasteiger partial charge on any atom is 0.237 e. The molecule has 1 saturated carbocycles. The van der Waals surface area contributed by atoms with Gasteiger partial charge in [0.1, 0.15) is 0 Å². The topological polar surface area (TPSA) is 64.3 Å². The molecule has 0 aromatic heterocycles. The normalized spacial score (nSPS) is 17.8. The minimum atomic E-state index is -0.484. The summed E-state index contributed by atoms with van der Waals surface area (Å²) in [6.07, 6.45) is 6.45. The van der Waals surface area contributed by atoms with E-state index in [-0.39, 0.29) is 11.3 Å². The van der Waals surface area contributed by atoms with Gasteiger partial charge in [-0.1, -0.05) is 43.2 Å². The molecule has 1 aromatic rings. The van der Waals surface area contributed by atoms with Gasteiger partial charge < -0.3 is 15.8 Å². The van der Waals surface area contributed by atoms with Crippen LogP contribution < -0.4 is 11.1 Å². The Morgan fingerprint density at radius 1 is 1.30 bits per heavy atom. The molecule has 1 atom stereocenters. The summed E-state index contributed by atoms with van der Waals surface area (Å²) >= 11 is 0. The lowest BCUT2D eigenvalue weighted by molar-refractivity contribution is -0.122. The lowest BCUT2D eigenvalue weighted by Crippen LogP contribution is -2.46. The number of carbonyl (C=O) groups excluding carboxylic acids is 1. The smallest absolute Gasteiger partial charge is 0.237 e. The van der Waals surface area contributed by atoms with Crippen LogP contribution in [0, 0.1) is 5.41 Å². The van der Waals surface area contributed by atoms with Gasteiger partial charge in [-0.15, -0.1) is 0 Å². The van der Waals surface area contributed by atoms with E-state index in [0.29, 0.717) is 6.42 Å². The summed E-state index contributed by atoms with van der Waals surface area (Å²) in [4.78, 5) is 12.3. The Bertz CT molecular complexity index is 470. The number of hydrogen-bond donors (Lipinski definition) is 2. The first kappa shape index (κ1) is 18.0. The van der Waals surface area contributed by atoms with E-state index in [9.17, 15) is 4.79 Å². The summed E-state index contributed by atoms with van der Waals surface area (Å²) in [5.74, 6) is -0.0449. The van der Waals surface area contributed by atoms with Crippen LogP contribution in [0.5, 0.6) is 0 Å². The second-order valence-electron chi connectivity index (χ2n) is 6.67. The fourth-order valence-electron chi connectivity index (χ4n) is 3.44. The number of amides is 1. The molecule has 0 heterocycles. The molecule has 0 unspecified atom stereocenters. The largest absolute Gasteiger partial charge is 0.382 e. The minimum Gasteiger partial charge on any atom is -0.382 e. The average Bonchev–Trinajstić information content (AvgIpc) is 3.03. The monoisotopic (exact) mass is 318 g/mol. The van der Waals surface area contributed by atoms with Crippen LogP contribution in [0.1, 0.15) is 44.6 Å². The summed E-state index contributed by atoms with van der Waals surface area (Å²) in [6.45, 7) is 4.28. The molecule has 1 aliphatic rings. The van der Waals surface area contributed by atoms with Gasteiger partial charge in [0.05, 0.1) is 6.04 Å². The van der Waals surface area contributed by atoms with Crippen molar-refractivity contribution in [2.45, 2.75) is 51.5 Å². The number of benzene rings is 1. The van der Waals surface area contributed by atoms with E-state index in [1.165, 1.54) is 25.7 Å². The van der Waals surface area contributed by atoms with E-state index in [0.717, 1.165) is 31.7 Å². The van der Waals surface area contributed by atoms with Crippen molar-refractivity contribution in [1.29, 1.82) is 0 Å². The second kappa shape index (κ2) is 9.04. The van der Waals surface area contributed by atoms with Gasteiger partial charge in [0.25, 0.3) is 0 Å². The molecule has 128 valence electrons. The average molecular weight is 318 g/mol. The van der Waals surface area contributed by atoms with E-state index in [4.69, 9.17) is 10.5 Å². The standard InChI is InChI=1S/C19H30N2O2/c1-2-23-13-12-19(10-6-7-11-19)15-21-18(22)17(20)14-16-8-4-3-5-9-16/h3-5,8-9,17H,2,6-7,10-15,20H2,1H3,(H,21,22)/t17-/m0/s1. The highest BCUT2D eigenvalue weighted by atomic mass is 16.5. The fourth-order valence-corrected chi connectivity index (χ4v) is 3.44. The first-order valence-electron chi connectivity index (χ1n) is 8.80. The van der Waals surface area contributed by atoms with Crippen LogP contribution in [0.2, 0.25) is 0 Å². The predicted octanol–water partition coefficient (Wildman–Crippen LogP) is 2.66. The molecule has 0 radical (unpaired) electrons. The Morgan fingerprint density at radius 3 is 2.65 bits per heavy atom. The zero-order chi connectivity index (χ0) is 16.5. The van der Waals surface area contributed by atoms with Crippen LogP contribution >= 0.6 is 0 Å². The summed E-state index contributed by atoms with van der Waals surface area (Å²) in [5.41, 5.74) is 7.37. The maximum atomic E-state index is 12.3. The highest BCUT2D eigenvalue weighted by molar-refractivity contribution is 5.81. The number of rotatable bonds is 9. The van der Waals surface area contributed by atoms with E-state index in [2.05, 4.69) is 5.32 Å². The van der Waals surface area contributed by atoms with Crippen LogP contribution in [0.15, 0.2) is 30.3 Å². The third-order valence-corrected chi connectivity index (χ3v) is 4.92. The predicted molar refractivity (Wildman–Crippen MR) is 93.1 cm³/mol. The van der Waals surface area contributed by atoms with Gasteiger partial charge in [0.15, 0.2) is 0 Å². The summed E-state index contributed by atoms with van der Waals surface area (Å²) < 4.78 is 5.52. The number of nitrogens with one attached hydrogen (secondary N) is 1. The van der Waals surface area contributed by atoms with E-state index in [1.54, 1.807) is 0 Å². The third kappa shape index (κ3) is 5.63. The molecule has 23 heavy (non-hydrogen) atoms. The molecule has 3 N–H and O–H groups in total. The van der Waals surface area contributed by atoms with Gasteiger partial charge in [0, 0.05) is 19.8 Å². The third-order valence-electron chi connectivity index (χ3n) is 4.92. The molecule has 0 spiro atoms. The van der Waals surface area contributed by atoms with Crippen LogP contribution in [-0.2, 0) is 16.0 Å². The molecule has 1 amide bonds. The maximum absolute atomic E-state index is 12.3. The molecule has 1 fully saturated rings. The number of nitrogens with two attached hydrogens (primary N) is 1. The second-order valence-corrected chi connectivity index (χ2v) is 6.67. The van der Waals surface area contributed by atoms with Crippen LogP contribution in [0.4, 0.5) is 0 Å². The van der Waals surface area contributed by atoms with Crippen molar-refractivity contribution in [3.8, 4) is 0 Å². The van der Waals surface area contributed by atoms with Crippen molar-refractivity contribution in [3.63, 3.8) is 0 Å². The van der Waals surface area contributed by atoms with Gasteiger partial charge in [-0.25, -0.2) is 0 Å². The quantitative estimate of drug-likeness (QED) is 0.688. The Balaban J connectivity index is 1.81. The Labute approximate surface area is 139 Å². The van der Waals surface area contributed by atoms with Gasteiger partial charge in [-0.05, 0) is 43.6 Å². The van der Waals surface area contributed by atoms with Crippen molar-refractivity contribution in [2.75, 3.05) is 19.8 Å². The minimum absolute atomic E-state index is 0.0449. The van der Waals surface area contributed by atoms with E-state index < -0.39 is 6.04 Å². The van der Waals surface area contributed by atoms with Gasteiger partial charge in [0.2, 0.25) is 5.91 Å². The SMILES string of the molecule is CCOCCC1(CNC(=O)[C@@H](N)Cc2ccccc2)CCCC1. The highest BCUT2D eigenvalue weighted by Crippen LogP contribution is 2.40. The summed E-state index contributed by atoms with van der Waals surface area (Å²) in [6, 6.07) is 9.45. The highest BCUT2D eigenvalue weighted by Gasteiger charge is 2.34. The number of hydrogen-bond acceptors (Lipinski definition) is 3. The lowest BCUT2D eigenvalue weighted by Gasteiger charge is -2.29. The zero-order valence-electron chi connectivity index (χ0n) is 14.2. The van der Waals surface area contributed by atoms with Crippen LogP contribution in [-0.4, -0.2) is 31.7 Å². The Kier molecular flexibility index (Phi) is 7.06. The van der Waals surface area contributed by atoms with E-state index in [1.807, 2.05) is 37.3 Å². The number of carbonyl (C=O) groups is 1. The fraction of sp³-hybridized carbons (Fsp3) is 0.632. The molecule has 0 saturated heterocycles. The van der Waals surface area contributed by atoms with Crippen molar-refractivity contribution in [2.24, 2.45) is 11.1 Å². The van der Waals surface area contributed by atoms with Gasteiger partial charge >= 0.3 is 0 Å². The van der Waals surface area contributed by atoms with Gasteiger partial charge in [-0.3, -0.25) is 4.79 Å². The Hall–Kier alpha value is -1.39. The van der Waals surface area contributed by atoms with Crippen molar-refractivity contribution < 1.29 is 9.53 Å². The van der Waals surface area contributed by atoms with E-state index >= 15 is 0 Å². The lowest BCUT2D eigenvalue weighted by atomic mass is 9.83. The number of ether oxygens (including phenoxy) is 1. The molecular weight excluding hydrogens is 288 g/mol. The molecule has 0 aliphatic heterocycles. The van der Waals surface area contributed by atoms with Crippen molar-refractivity contribution in [3.05, 3.63) is 35.9 Å². The molecule has 4 nitrogen and oxygen atoms in total. The van der Waals surface area contributed by atoms with Crippen molar-refractivity contribution in [1.82, 2.24) is 5.32 Å². The Morgan fingerprint density at radius 2 is 2.00 bits per heavy atom. The molecule has 2 rings (SSSR count).